The van der Waals surface area contributed by atoms with Crippen LogP contribution >= 0.6 is 0 Å². The number of nitrogens with one attached hydrogen (secondary N) is 1. The summed E-state index contributed by atoms with van der Waals surface area (Å²) in [5.74, 6) is -1.37. The lowest BCUT2D eigenvalue weighted by Crippen LogP contribution is -2.42. The number of nitrogens with two attached hydrogens (primary N) is 1. The molecule has 6 heteroatoms. The molecule has 0 saturated heterocycles. The number of carboxylic acids is 1. The number of aliphatic carboxylic acids is 1. The van der Waals surface area contributed by atoms with Gasteiger partial charge in [-0.15, -0.1) is 0 Å². The van der Waals surface area contributed by atoms with Crippen LogP contribution in [0, 0.1) is 0 Å². The monoisotopic (exact) mass is 294 g/mol. The Kier molecular flexibility index (Phi) is 6.33. The van der Waals surface area contributed by atoms with Crippen LogP contribution in [0.5, 0.6) is 0 Å². The van der Waals surface area contributed by atoms with Crippen LogP contribution in [0.25, 0.3) is 0 Å². The highest BCUT2D eigenvalue weighted by molar-refractivity contribution is 5.76. The van der Waals surface area contributed by atoms with Gasteiger partial charge in [-0.05, 0) is 18.9 Å². The topological polar surface area (TPSA) is 113 Å². The van der Waals surface area contributed by atoms with Gasteiger partial charge in [-0.25, -0.2) is 0 Å². The van der Waals surface area contributed by atoms with E-state index in [-0.39, 0.29) is 24.9 Å². The Balaban J connectivity index is 2.33. The van der Waals surface area contributed by atoms with Gasteiger partial charge >= 0.3 is 5.97 Å². The van der Waals surface area contributed by atoms with E-state index >= 15 is 0 Å². The van der Waals surface area contributed by atoms with Crippen LogP contribution in [0.15, 0.2) is 30.3 Å². The van der Waals surface area contributed by atoms with Crippen molar-refractivity contribution in [3.63, 3.8) is 0 Å². The molecule has 0 radical (unpaired) electrons. The van der Waals surface area contributed by atoms with E-state index in [1.807, 2.05) is 30.3 Å². The molecule has 0 bridgehead atoms. The number of hydrogen-bond donors (Lipinski definition) is 4. The second kappa shape index (κ2) is 7.75. The van der Waals surface area contributed by atoms with Crippen molar-refractivity contribution in [2.45, 2.75) is 37.8 Å². The van der Waals surface area contributed by atoms with Crippen molar-refractivity contribution in [2.75, 3.05) is 6.54 Å². The smallest absolute Gasteiger partial charge is 0.306 e. The molecule has 1 aromatic carbocycles. The first-order valence-electron chi connectivity index (χ1n) is 6.81. The molecule has 1 aromatic rings. The maximum atomic E-state index is 11.7. The summed E-state index contributed by atoms with van der Waals surface area (Å²) in [5, 5.41) is 20.9. The zero-order valence-electron chi connectivity index (χ0n) is 12.1. The molecule has 0 aliphatic carbocycles. The third kappa shape index (κ3) is 6.87. The summed E-state index contributed by atoms with van der Waals surface area (Å²) in [6.45, 7) is 1.27. The molecule has 0 spiro atoms. The van der Waals surface area contributed by atoms with Crippen LogP contribution in [0.3, 0.4) is 0 Å². The standard InChI is InChI=1S/C15H22N2O4/c1-15(21,9-14(19)20)10-17-13(18)8-7-12(16)11-5-3-2-4-6-11/h2-6,12,21H,7-10,16H2,1H3,(H,17,18)(H,19,20). The van der Waals surface area contributed by atoms with Crippen LogP contribution in [0.1, 0.15) is 37.8 Å². The summed E-state index contributed by atoms with van der Waals surface area (Å²) in [7, 11) is 0. The summed E-state index contributed by atoms with van der Waals surface area (Å²) in [6.07, 6.45) is 0.285. The zero-order valence-corrected chi connectivity index (χ0v) is 12.1. The summed E-state index contributed by atoms with van der Waals surface area (Å²) >= 11 is 0. The Morgan fingerprint density at radius 2 is 1.95 bits per heavy atom. The predicted octanol–water partition coefficient (Wildman–Crippen LogP) is 0.808. The molecule has 1 rings (SSSR count). The van der Waals surface area contributed by atoms with E-state index in [0.29, 0.717) is 6.42 Å². The van der Waals surface area contributed by atoms with E-state index in [1.165, 1.54) is 6.92 Å². The molecule has 21 heavy (non-hydrogen) atoms. The Labute approximate surface area is 124 Å². The van der Waals surface area contributed by atoms with Gasteiger partial charge in [0.2, 0.25) is 5.91 Å². The molecular formula is C15H22N2O4. The molecular weight excluding hydrogens is 272 g/mol. The number of hydrogen-bond acceptors (Lipinski definition) is 4. The molecule has 5 N–H and O–H groups in total. The number of amides is 1. The van der Waals surface area contributed by atoms with Crippen LogP contribution in [-0.2, 0) is 9.59 Å². The van der Waals surface area contributed by atoms with Crippen molar-refractivity contribution < 1.29 is 19.8 Å². The second-order valence-corrected chi connectivity index (χ2v) is 5.40. The van der Waals surface area contributed by atoms with Crippen molar-refractivity contribution in [2.24, 2.45) is 5.73 Å². The normalized spacial score (nSPS) is 15.0. The lowest BCUT2D eigenvalue weighted by Gasteiger charge is -2.21. The highest BCUT2D eigenvalue weighted by atomic mass is 16.4. The molecule has 0 heterocycles. The number of carbonyl (C=O) groups is 2. The van der Waals surface area contributed by atoms with Gasteiger partial charge in [0.25, 0.3) is 0 Å². The number of aliphatic hydroxyl groups is 1. The van der Waals surface area contributed by atoms with Crippen molar-refractivity contribution in [3.8, 4) is 0 Å². The highest BCUT2D eigenvalue weighted by Gasteiger charge is 2.24. The highest BCUT2D eigenvalue weighted by Crippen LogP contribution is 2.15. The number of benzene rings is 1. The fourth-order valence-corrected chi connectivity index (χ4v) is 1.92. The van der Waals surface area contributed by atoms with Gasteiger partial charge in [-0.1, -0.05) is 30.3 Å². The minimum absolute atomic E-state index is 0.0985. The average molecular weight is 294 g/mol. The van der Waals surface area contributed by atoms with Crippen molar-refractivity contribution in [1.29, 1.82) is 0 Å². The second-order valence-electron chi connectivity index (χ2n) is 5.40. The van der Waals surface area contributed by atoms with Gasteiger partial charge in [-0.2, -0.15) is 0 Å². The first kappa shape index (κ1) is 17.1. The zero-order chi connectivity index (χ0) is 15.9. The molecule has 2 unspecified atom stereocenters. The first-order chi connectivity index (χ1) is 9.80. The van der Waals surface area contributed by atoms with E-state index in [9.17, 15) is 14.7 Å². The van der Waals surface area contributed by atoms with E-state index in [2.05, 4.69) is 5.32 Å². The Bertz CT molecular complexity index is 474. The van der Waals surface area contributed by atoms with E-state index < -0.39 is 18.0 Å². The molecule has 116 valence electrons. The van der Waals surface area contributed by atoms with Gasteiger partial charge in [0.05, 0.1) is 12.0 Å². The number of rotatable bonds is 8. The fraction of sp³-hybridized carbons (Fsp3) is 0.467. The van der Waals surface area contributed by atoms with E-state index in [1.54, 1.807) is 0 Å². The quantitative estimate of drug-likeness (QED) is 0.566. The van der Waals surface area contributed by atoms with Gasteiger partial charge in [0.1, 0.15) is 0 Å². The Hall–Kier alpha value is -1.92. The van der Waals surface area contributed by atoms with E-state index in [4.69, 9.17) is 10.8 Å². The molecule has 6 nitrogen and oxygen atoms in total. The maximum Gasteiger partial charge on any atom is 0.306 e. The number of carboxylic acid groups (broad SMARTS) is 1. The first-order valence-corrected chi connectivity index (χ1v) is 6.81. The summed E-state index contributed by atoms with van der Waals surface area (Å²) < 4.78 is 0. The summed E-state index contributed by atoms with van der Waals surface area (Å²) in [6, 6.07) is 9.25. The Morgan fingerprint density at radius 3 is 2.52 bits per heavy atom. The van der Waals surface area contributed by atoms with Crippen LogP contribution in [-0.4, -0.2) is 34.2 Å². The van der Waals surface area contributed by atoms with Crippen molar-refractivity contribution >= 4 is 11.9 Å². The molecule has 1 amide bonds. The van der Waals surface area contributed by atoms with Gasteiger partial charge in [0, 0.05) is 19.0 Å². The van der Waals surface area contributed by atoms with Gasteiger partial charge in [-0.3, -0.25) is 9.59 Å². The van der Waals surface area contributed by atoms with Crippen molar-refractivity contribution in [3.05, 3.63) is 35.9 Å². The molecule has 0 aliphatic rings. The van der Waals surface area contributed by atoms with Gasteiger partial charge < -0.3 is 21.3 Å². The van der Waals surface area contributed by atoms with Crippen LogP contribution in [0.4, 0.5) is 0 Å². The minimum atomic E-state index is -1.46. The molecule has 2 atom stereocenters. The van der Waals surface area contributed by atoms with E-state index in [0.717, 1.165) is 5.56 Å². The fourth-order valence-electron chi connectivity index (χ4n) is 1.92. The SMILES string of the molecule is CC(O)(CNC(=O)CCC(N)c1ccccc1)CC(=O)O. The lowest BCUT2D eigenvalue weighted by molar-refractivity contribution is -0.142. The van der Waals surface area contributed by atoms with Crippen molar-refractivity contribution in [1.82, 2.24) is 5.32 Å². The third-order valence-corrected chi connectivity index (χ3v) is 3.11. The maximum absolute atomic E-state index is 11.7. The molecule has 0 aromatic heterocycles. The molecule has 0 saturated carbocycles. The van der Waals surface area contributed by atoms with Crippen LogP contribution in [0.2, 0.25) is 0 Å². The minimum Gasteiger partial charge on any atom is -0.481 e. The van der Waals surface area contributed by atoms with Crippen LogP contribution < -0.4 is 11.1 Å². The molecule has 0 fully saturated rings. The molecule has 0 aliphatic heterocycles. The third-order valence-electron chi connectivity index (χ3n) is 3.11. The predicted molar refractivity (Wildman–Crippen MR) is 78.5 cm³/mol. The Morgan fingerprint density at radius 1 is 1.33 bits per heavy atom. The summed E-state index contributed by atoms with van der Waals surface area (Å²) in [5.41, 5.74) is 5.49. The number of carbonyl (C=O) groups excluding carboxylic acids is 1. The average Bonchev–Trinajstić information content (AvgIpc) is 2.42. The largest absolute Gasteiger partial charge is 0.481 e. The lowest BCUT2D eigenvalue weighted by atomic mass is 10.0. The summed E-state index contributed by atoms with van der Waals surface area (Å²) in [4.78, 5) is 22.2. The van der Waals surface area contributed by atoms with Gasteiger partial charge in [0.15, 0.2) is 0 Å².